The summed E-state index contributed by atoms with van der Waals surface area (Å²) in [6.45, 7) is 9.75. The van der Waals surface area contributed by atoms with Gasteiger partial charge in [0.15, 0.2) is 18.2 Å². The molecule has 0 bridgehead atoms. The zero-order chi connectivity index (χ0) is 29.4. The van der Waals surface area contributed by atoms with E-state index in [1.54, 1.807) is 72.1 Å². The van der Waals surface area contributed by atoms with Crippen molar-refractivity contribution in [3.8, 4) is 0 Å². The number of carbonyl (C=O) groups excluding carboxylic acids is 4. The van der Waals surface area contributed by atoms with Gasteiger partial charge in [-0.05, 0) is 64.4 Å². The summed E-state index contributed by atoms with van der Waals surface area (Å²) in [6.07, 6.45) is 3.37. The Hall–Kier alpha value is -3.96. The van der Waals surface area contributed by atoms with Crippen molar-refractivity contribution in [1.29, 1.82) is 0 Å². The Morgan fingerprint density at radius 1 is 0.975 bits per heavy atom. The molecule has 0 aliphatic rings. The summed E-state index contributed by atoms with van der Waals surface area (Å²) in [5.41, 5.74) is 1.89. The molecule has 0 saturated heterocycles. The average molecular weight is 582 g/mol. The van der Waals surface area contributed by atoms with Gasteiger partial charge in [0, 0.05) is 36.5 Å². The van der Waals surface area contributed by atoms with Crippen LogP contribution in [0, 0.1) is 6.92 Å². The molecule has 9 nitrogen and oxygen atoms in total. The average Bonchev–Trinajstić information content (AvgIpc) is 3.25. The largest absolute Gasteiger partial charge is 0.462 e. The normalized spacial score (nSPS) is 11.3. The predicted octanol–water partition coefficient (Wildman–Crippen LogP) is 5.01. The van der Waals surface area contributed by atoms with E-state index in [1.807, 2.05) is 19.9 Å². The highest BCUT2D eigenvalue weighted by atomic mass is 32.1. The second-order valence-electron chi connectivity index (χ2n) is 8.65. The number of nitrogens with zero attached hydrogens (tertiary/aromatic N) is 2. The van der Waals surface area contributed by atoms with Crippen LogP contribution in [0.3, 0.4) is 0 Å². The van der Waals surface area contributed by atoms with Crippen LogP contribution >= 0.6 is 24.0 Å². The molecule has 0 aliphatic heterocycles. The minimum atomic E-state index is -0.627. The number of anilines is 2. The molecular weight excluding hydrogens is 548 g/mol. The first-order valence-electron chi connectivity index (χ1n) is 12.8. The minimum absolute atomic E-state index is 0.0596. The van der Waals surface area contributed by atoms with Crippen LogP contribution in [0.15, 0.2) is 59.9 Å². The molecule has 0 radical (unpaired) electrons. The first-order valence-corrected chi connectivity index (χ1v) is 14.1. The van der Waals surface area contributed by atoms with Crippen LogP contribution in [0.1, 0.15) is 63.6 Å². The van der Waals surface area contributed by atoms with Crippen molar-refractivity contribution in [3.63, 3.8) is 0 Å². The van der Waals surface area contributed by atoms with Gasteiger partial charge in [-0.15, -0.1) is 24.0 Å². The second-order valence-corrected chi connectivity index (χ2v) is 10.1. The van der Waals surface area contributed by atoms with Crippen LogP contribution < -0.4 is 15.2 Å². The van der Waals surface area contributed by atoms with E-state index in [4.69, 9.17) is 4.74 Å². The lowest BCUT2D eigenvalue weighted by Gasteiger charge is -2.18. The summed E-state index contributed by atoms with van der Waals surface area (Å²) in [5, 5.41) is 6.35. The lowest BCUT2D eigenvalue weighted by Crippen LogP contribution is -2.39. The maximum Gasteiger partial charge on any atom is 0.341 e. The summed E-state index contributed by atoms with van der Waals surface area (Å²) >= 11 is 5.64. The Morgan fingerprint density at radius 3 is 2.15 bits per heavy atom. The molecule has 3 rings (SSSR count). The molecular formula is C29H33N4O5S2+. The standard InChI is InChI=1S/C29H32N4O5S2/c1-6-32(7-2)28(36)24-18(4)22(29(37)38-8-3)27(40-24)31-25(35)23(33-16-10-9-11-17-33)26(39)30-21-14-12-20(13-15-21)19(5)34/h9-17H,6-8H2,1-5H3,(H2-,30,31,34,35,36,37,39)/p+1. The van der Waals surface area contributed by atoms with Crippen LogP contribution in [-0.4, -0.2) is 48.2 Å². The molecule has 3 aromatic rings. The molecule has 1 aromatic carbocycles. The van der Waals surface area contributed by atoms with Crippen molar-refractivity contribution in [2.45, 2.75) is 34.6 Å². The number of benzene rings is 1. The van der Waals surface area contributed by atoms with Crippen molar-refractivity contribution in [2.75, 3.05) is 30.3 Å². The fourth-order valence-electron chi connectivity index (χ4n) is 3.95. The molecule has 0 aliphatic carbocycles. The fraction of sp³-hybridized carbons (Fsp3) is 0.276. The molecule has 2 aromatic heterocycles. The van der Waals surface area contributed by atoms with E-state index in [-0.39, 0.29) is 39.6 Å². The predicted molar refractivity (Wildman–Crippen MR) is 160 cm³/mol. The molecule has 0 saturated carbocycles. The van der Waals surface area contributed by atoms with Gasteiger partial charge in [0.05, 0.1) is 17.0 Å². The molecule has 210 valence electrons. The molecule has 2 amide bonds. The summed E-state index contributed by atoms with van der Waals surface area (Å²) < 4.78 is 6.84. The summed E-state index contributed by atoms with van der Waals surface area (Å²) in [5.74, 6) is -1.48. The van der Waals surface area contributed by atoms with Gasteiger partial charge in [0.25, 0.3) is 5.91 Å². The summed E-state index contributed by atoms with van der Waals surface area (Å²) in [6, 6.07) is 12.1. The van der Waals surface area contributed by atoms with Crippen LogP contribution in [0.4, 0.5) is 10.7 Å². The molecule has 0 atom stereocenters. The fourth-order valence-corrected chi connectivity index (χ4v) is 5.45. The maximum atomic E-state index is 13.8. The second kappa shape index (κ2) is 13.9. The van der Waals surface area contributed by atoms with E-state index < -0.39 is 11.9 Å². The molecule has 0 unspecified atom stereocenters. The monoisotopic (exact) mass is 581 g/mol. The number of nitrogens with one attached hydrogen (secondary N) is 2. The number of thiophene rings is 1. The van der Waals surface area contributed by atoms with Gasteiger partial charge in [-0.3, -0.25) is 14.4 Å². The zero-order valence-electron chi connectivity index (χ0n) is 23.1. The lowest BCUT2D eigenvalue weighted by atomic mass is 10.1. The Balaban J connectivity index is 2.06. The van der Waals surface area contributed by atoms with Gasteiger partial charge in [0.2, 0.25) is 0 Å². The van der Waals surface area contributed by atoms with Crippen molar-refractivity contribution in [1.82, 2.24) is 4.90 Å². The summed E-state index contributed by atoms with van der Waals surface area (Å²) in [4.78, 5) is 53.6. The van der Waals surface area contributed by atoms with Gasteiger partial charge in [-0.1, -0.05) is 6.07 Å². The van der Waals surface area contributed by atoms with E-state index in [0.717, 1.165) is 11.3 Å². The number of hydrogen-bond acceptors (Lipinski definition) is 8. The number of aromatic nitrogens is 1. The zero-order valence-corrected chi connectivity index (χ0v) is 24.8. The SMILES string of the molecule is CCOC(=O)c1c(NC(=O)C(=C(S)Nc2ccc(C(C)=O)cc2)[n+]2ccccc2)sc(C(=O)N(CC)CC)c1C. The van der Waals surface area contributed by atoms with E-state index in [9.17, 15) is 19.2 Å². The van der Waals surface area contributed by atoms with Gasteiger partial charge in [-0.2, -0.15) is 4.57 Å². The topological polar surface area (TPSA) is 109 Å². The maximum absolute atomic E-state index is 13.8. The number of rotatable bonds is 11. The van der Waals surface area contributed by atoms with E-state index in [2.05, 4.69) is 23.3 Å². The van der Waals surface area contributed by atoms with E-state index in [0.29, 0.717) is 34.8 Å². The Kier molecular flexibility index (Phi) is 10.6. The van der Waals surface area contributed by atoms with Gasteiger partial charge < -0.3 is 20.3 Å². The molecule has 2 heterocycles. The van der Waals surface area contributed by atoms with E-state index in [1.165, 1.54) is 6.92 Å². The Bertz CT molecular complexity index is 1430. The quantitative estimate of drug-likeness (QED) is 0.0966. The number of ketones is 1. The van der Waals surface area contributed by atoms with Gasteiger partial charge in [-0.25, -0.2) is 4.79 Å². The van der Waals surface area contributed by atoms with Crippen LogP contribution in [0.5, 0.6) is 0 Å². The third-order valence-corrected chi connectivity index (χ3v) is 7.58. The first kappa shape index (κ1) is 30.6. The van der Waals surface area contributed by atoms with Crippen molar-refractivity contribution < 1.29 is 28.5 Å². The third-order valence-electron chi connectivity index (χ3n) is 6.07. The number of amides is 2. The van der Waals surface area contributed by atoms with Crippen molar-refractivity contribution >= 4 is 63.9 Å². The highest BCUT2D eigenvalue weighted by Gasteiger charge is 2.31. The smallest absolute Gasteiger partial charge is 0.341 e. The van der Waals surface area contributed by atoms with Crippen LogP contribution in [0.25, 0.3) is 5.70 Å². The Morgan fingerprint density at radius 2 is 1.60 bits per heavy atom. The first-order chi connectivity index (χ1) is 19.1. The molecule has 11 heteroatoms. The van der Waals surface area contributed by atoms with Crippen molar-refractivity contribution in [2.24, 2.45) is 0 Å². The van der Waals surface area contributed by atoms with Crippen LogP contribution in [0.2, 0.25) is 0 Å². The summed E-state index contributed by atoms with van der Waals surface area (Å²) in [7, 11) is 0. The third kappa shape index (κ3) is 6.97. The molecule has 2 N–H and O–H groups in total. The van der Waals surface area contributed by atoms with E-state index >= 15 is 0 Å². The lowest BCUT2D eigenvalue weighted by molar-refractivity contribution is -0.577. The highest BCUT2D eigenvalue weighted by molar-refractivity contribution is 7.84. The van der Waals surface area contributed by atoms with Gasteiger partial charge >= 0.3 is 17.6 Å². The number of pyridine rings is 1. The highest BCUT2D eigenvalue weighted by Crippen LogP contribution is 2.35. The Labute approximate surface area is 243 Å². The van der Waals surface area contributed by atoms with Crippen molar-refractivity contribution in [3.05, 3.63) is 81.5 Å². The number of thiol groups is 1. The minimum Gasteiger partial charge on any atom is -0.462 e. The number of Topliss-reactive ketones (excluding diaryl/α,β-unsaturated/α-hetero) is 1. The number of hydrogen-bond donors (Lipinski definition) is 3. The van der Waals surface area contributed by atoms with Crippen LogP contribution in [-0.2, 0) is 9.53 Å². The number of carbonyl (C=O) groups is 4. The number of esters is 1. The molecule has 40 heavy (non-hydrogen) atoms. The number of ether oxygens (including phenoxy) is 1. The molecule has 0 spiro atoms. The van der Waals surface area contributed by atoms with Gasteiger partial charge in [0.1, 0.15) is 10.0 Å². The molecule has 0 fully saturated rings.